The van der Waals surface area contributed by atoms with Crippen molar-refractivity contribution in [3.05, 3.63) is 119 Å². The summed E-state index contributed by atoms with van der Waals surface area (Å²) in [6.07, 6.45) is 3.33. The fourth-order valence-corrected chi connectivity index (χ4v) is 5.43. The van der Waals surface area contributed by atoms with Gasteiger partial charge in [-0.2, -0.15) is 4.98 Å². The van der Waals surface area contributed by atoms with E-state index >= 15 is 0 Å². The zero-order chi connectivity index (χ0) is 25.8. The van der Waals surface area contributed by atoms with Crippen LogP contribution in [-0.4, -0.2) is 22.5 Å². The van der Waals surface area contributed by atoms with E-state index in [0.29, 0.717) is 18.3 Å². The highest BCUT2D eigenvalue weighted by Crippen LogP contribution is 2.44. The highest BCUT2D eigenvalue weighted by atomic mass is 35.5. The molecule has 186 valence electrons. The first-order valence-electron chi connectivity index (χ1n) is 12.6. The Balaban J connectivity index is 1.29. The molecule has 1 N–H and O–H groups in total. The fourth-order valence-electron chi connectivity index (χ4n) is 5.30. The Labute approximate surface area is 223 Å². The van der Waals surface area contributed by atoms with Gasteiger partial charge in [0, 0.05) is 33.8 Å². The number of aromatic nitrogens is 2. The number of aryl methyl sites for hydroxylation is 1. The third kappa shape index (κ3) is 5.40. The van der Waals surface area contributed by atoms with Crippen molar-refractivity contribution < 1.29 is 9.32 Å². The van der Waals surface area contributed by atoms with E-state index < -0.39 is 0 Å². The standard InChI is InChI=1S/C30H29BClN3O2/c1-21(33-20-23-8-14-27(32)15-9-23)30(26-6-4-3-5-7-26)16-18-31(19-17-30)28(36)24-10-12-25(13-11-24)29-34-22(2)35-37-29/h3-15,33H,1,16-20H2,2H3. The molecule has 37 heavy (non-hydrogen) atoms. The van der Waals surface area contributed by atoms with Gasteiger partial charge >= 0.3 is 0 Å². The third-order valence-electron chi connectivity index (χ3n) is 7.48. The summed E-state index contributed by atoms with van der Waals surface area (Å²) in [5.74, 6) is 1.05. The topological polar surface area (TPSA) is 68.0 Å². The molecule has 1 aliphatic rings. The van der Waals surface area contributed by atoms with E-state index in [0.717, 1.165) is 52.9 Å². The molecule has 0 spiro atoms. The van der Waals surface area contributed by atoms with E-state index in [1.54, 1.807) is 6.92 Å². The van der Waals surface area contributed by atoms with E-state index in [1.807, 2.05) is 54.6 Å². The normalized spacial score (nSPS) is 14.8. The SMILES string of the molecule is C=C(NCc1ccc(Cl)cc1)C1(c2ccccc2)CCB(C(=O)c2ccc(-c3nc(C)no3)cc2)CC1. The summed E-state index contributed by atoms with van der Waals surface area (Å²) in [7, 11) is 0. The Morgan fingerprint density at radius 1 is 1.03 bits per heavy atom. The summed E-state index contributed by atoms with van der Waals surface area (Å²) >= 11 is 6.04. The van der Waals surface area contributed by atoms with Crippen molar-refractivity contribution >= 4 is 24.0 Å². The first-order chi connectivity index (χ1) is 17.9. The Hall–Kier alpha value is -3.64. The molecule has 0 bridgehead atoms. The molecule has 1 aromatic heterocycles. The van der Waals surface area contributed by atoms with E-state index in [4.69, 9.17) is 16.1 Å². The Kier molecular flexibility index (Phi) is 7.29. The molecule has 5 nitrogen and oxygen atoms in total. The number of nitrogens with one attached hydrogen (secondary N) is 1. The Bertz CT molecular complexity index is 1380. The molecule has 4 aromatic rings. The van der Waals surface area contributed by atoms with Crippen LogP contribution in [0, 0.1) is 6.92 Å². The molecular formula is C30H29BClN3O2. The minimum absolute atomic E-state index is 0.0163. The number of nitrogens with zero attached hydrogens (tertiary/aromatic N) is 2. The minimum atomic E-state index is -0.218. The molecule has 0 atom stereocenters. The number of carbonyl (C=O) groups is 1. The molecule has 0 unspecified atom stereocenters. The molecule has 0 saturated carbocycles. The van der Waals surface area contributed by atoms with Gasteiger partial charge in [-0.05, 0) is 55.2 Å². The molecule has 1 aliphatic heterocycles. The summed E-state index contributed by atoms with van der Waals surface area (Å²) < 4.78 is 5.24. The second-order valence-electron chi connectivity index (χ2n) is 9.77. The van der Waals surface area contributed by atoms with Gasteiger partial charge in [0.2, 0.25) is 6.71 Å². The molecule has 0 radical (unpaired) electrons. The van der Waals surface area contributed by atoms with Gasteiger partial charge in [-0.1, -0.05) is 90.6 Å². The quantitative estimate of drug-likeness (QED) is 0.260. The van der Waals surface area contributed by atoms with Crippen LogP contribution >= 0.6 is 11.6 Å². The predicted octanol–water partition coefficient (Wildman–Crippen LogP) is 6.95. The maximum atomic E-state index is 13.4. The molecule has 0 amide bonds. The first kappa shape index (κ1) is 25.0. The average Bonchev–Trinajstić information content (AvgIpc) is 3.39. The molecule has 5 rings (SSSR count). The smallest absolute Gasteiger partial charge is 0.257 e. The summed E-state index contributed by atoms with van der Waals surface area (Å²) in [6, 6.07) is 25.9. The minimum Gasteiger partial charge on any atom is -0.384 e. The molecule has 0 aliphatic carbocycles. The van der Waals surface area contributed by atoms with Crippen LogP contribution in [-0.2, 0) is 12.0 Å². The van der Waals surface area contributed by atoms with Gasteiger partial charge in [0.25, 0.3) is 5.89 Å². The zero-order valence-electron chi connectivity index (χ0n) is 20.9. The third-order valence-corrected chi connectivity index (χ3v) is 7.73. The second-order valence-corrected chi connectivity index (χ2v) is 10.2. The average molecular weight is 510 g/mol. The van der Waals surface area contributed by atoms with Gasteiger partial charge in [-0.25, -0.2) is 0 Å². The number of halogens is 1. The van der Waals surface area contributed by atoms with E-state index in [2.05, 4.69) is 46.3 Å². The lowest BCUT2D eigenvalue weighted by Crippen LogP contribution is -2.42. The highest BCUT2D eigenvalue weighted by molar-refractivity contribution is 6.92. The number of carbonyl (C=O) groups excluding carboxylic acids is 1. The first-order valence-corrected chi connectivity index (χ1v) is 13.0. The lowest BCUT2D eigenvalue weighted by molar-refractivity contribution is 0.106. The van der Waals surface area contributed by atoms with Crippen molar-refractivity contribution in [1.82, 2.24) is 15.5 Å². The van der Waals surface area contributed by atoms with E-state index in [-0.39, 0.29) is 17.8 Å². The summed E-state index contributed by atoms with van der Waals surface area (Å²) in [5, 5.41) is 8.15. The Morgan fingerprint density at radius 3 is 2.32 bits per heavy atom. The molecule has 7 heteroatoms. The lowest BCUT2D eigenvalue weighted by Gasteiger charge is -2.41. The molecule has 1 saturated heterocycles. The Morgan fingerprint density at radius 2 is 1.70 bits per heavy atom. The zero-order valence-corrected chi connectivity index (χ0v) is 21.7. The van der Waals surface area contributed by atoms with Crippen LogP contribution in [0.1, 0.15) is 40.2 Å². The van der Waals surface area contributed by atoms with Crippen LogP contribution in [0.4, 0.5) is 0 Å². The van der Waals surface area contributed by atoms with Crippen LogP contribution in [0.3, 0.4) is 0 Å². The van der Waals surface area contributed by atoms with Gasteiger partial charge in [0.1, 0.15) is 5.68 Å². The van der Waals surface area contributed by atoms with Gasteiger partial charge in [-0.3, -0.25) is 0 Å². The van der Waals surface area contributed by atoms with Gasteiger partial charge in [0.05, 0.1) is 0 Å². The monoisotopic (exact) mass is 509 g/mol. The van der Waals surface area contributed by atoms with Crippen molar-refractivity contribution in [2.24, 2.45) is 0 Å². The molecule has 1 fully saturated rings. The molecule has 2 heterocycles. The molecule has 3 aromatic carbocycles. The van der Waals surface area contributed by atoms with Gasteiger partial charge < -0.3 is 14.6 Å². The van der Waals surface area contributed by atoms with Crippen molar-refractivity contribution in [2.45, 2.75) is 44.4 Å². The maximum Gasteiger partial charge on any atom is 0.257 e. The fraction of sp³-hybridized carbons (Fsp3) is 0.233. The number of allylic oxidation sites excluding steroid dienone is 1. The highest BCUT2D eigenvalue weighted by Gasteiger charge is 2.42. The van der Waals surface area contributed by atoms with E-state index in [1.165, 1.54) is 5.56 Å². The van der Waals surface area contributed by atoms with Crippen LogP contribution < -0.4 is 5.32 Å². The summed E-state index contributed by atoms with van der Waals surface area (Å²) in [5.41, 5.74) is 4.90. The maximum absolute atomic E-state index is 13.4. The number of hydrogen-bond donors (Lipinski definition) is 1. The number of hydrogen-bond acceptors (Lipinski definition) is 5. The van der Waals surface area contributed by atoms with Gasteiger partial charge in [0.15, 0.2) is 5.82 Å². The summed E-state index contributed by atoms with van der Waals surface area (Å²) in [6.45, 7) is 6.93. The van der Waals surface area contributed by atoms with Crippen LogP contribution in [0.2, 0.25) is 17.7 Å². The largest absolute Gasteiger partial charge is 0.384 e. The number of rotatable bonds is 8. The number of benzene rings is 3. The van der Waals surface area contributed by atoms with Crippen LogP contribution in [0.15, 0.2) is 95.7 Å². The van der Waals surface area contributed by atoms with Crippen molar-refractivity contribution in [3.8, 4) is 11.5 Å². The van der Waals surface area contributed by atoms with Gasteiger partial charge in [-0.15, -0.1) is 0 Å². The van der Waals surface area contributed by atoms with E-state index in [9.17, 15) is 4.79 Å². The molecular weight excluding hydrogens is 481 g/mol. The van der Waals surface area contributed by atoms with Crippen LogP contribution in [0.25, 0.3) is 11.5 Å². The van der Waals surface area contributed by atoms with Crippen molar-refractivity contribution in [3.63, 3.8) is 0 Å². The summed E-state index contributed by atoms with van der Waals surface area (Å²) in [4.78, 5) is 17.7. The lowest BCUT2D eigenvalue weighted by atomic mass is 9.35. The van der Waals surface area contributed by atoms with Crippen LogP contribution in [0.5, 0.6) is 0 Å². The van der Waals surface area contributed by atoms with Crippen molar-refractivity contribution in [1.29, 1.82) is 0 Å². The van der Waals surface area contributed by atoms with Crippen molar-refractivity contribution in [2.75, 3.05) is 0 Å². The second kappa shape index (κ2) is 10.8. The predicted molar refractivity (Wildman–Crippen MR) is 149 cm³/mol.